The number of nitriles is 1. The van der Waals surface area contributed by atoms with Crippen LogP contribution in [0, 0.1) is 17.1 Å². The Kier molecular flexibility index (Phi) is 5.13. The zero-order valence-corrected chi connectivity index (χ0v) is 17.3. The van der Waals surface area contributed by atoms with Crippen molar-refractivity contribution < 1.29 is 27.2 Å². The number of hydrogen-bond donors (Lipinski definition) is 1. The van der Waals surface area contributed by atoms with E-state index in [9.17, 15) is 27.2 Å². The van der Waals surface area contributed by atoms with Crippen molar-refractivity contribution in [2.45, 2.75) is 25.2 Å². The highest BCUT2D eigenvalue weighted by molar-refractivity contribution is 7.80. The number of halogens is 4. The third-order valence-corrected chi connectivity index (χ3v) is 5.94. The Morgan fingerprint density at radius 2 is 1.97 bits per heavy atom. The number of alkyl halides is 3. The average Bonchev–Trinajstić information content (AvgIpc) is 2.99. The lowest BCUT2D eigenvalue weighted by Gasteiger charge is -2.30. The van der Waals surface area contributed by atoms with Crippen molar-refractivity contribution in [2.24, 2.45) is 0 Å². The molecule has 0 radical (unpaired) electrons. The second-order valence-electron chi connectivity index (χ2n) is 7.32. The first kappa shape index (κ1) is 21.7. The van der Waals surface area contributed by atoms with Crippen LogP contribution in [0.2, 0.25) is 0 Å². The highest BCUT2D eigenvalue weighted by Gasteiger charge is 2.46. The fourth-order valence-electron chi connectivity index (χ4n) is 3.95. The van der Waals surface area contributed by atoms with Gasteiger partial charge in [-0.3, -0.25) is 14.5 Å². The van der Waals surface area contributed by atoms with Crippen LogP contribution in [0.3, 0.4) is 0 Å². The quantitative estimate of drug-likeness (QED) is 0.548. The van der Waals surface area contributed by atoms with Crippen molar-refractivity contribution in [1.82, 2.24) is 10.2 Å². The van der Waals surface area contributed by atoms with Gasteiger partial charge in [0, 0.05) is 20.0 Å². The molecule has 0 bridgehead atoms. The first-order chi connectivity index (χ1) is 15.1. The molecule has 2 aromatic rings. The van der Waals surface area contributed by atoms with Crippen molar-refractivity contribution in [3.8, 4) is 6.07 Å². The lowest BCUT2D eigenvalue weighted by Crippen LogP contribution is -2.40. The van der Waals surface area contributed by atoms with Gasteiger partial charge in [-0.05, 0) is 53.7 Å². The van der Waals surface area contributed by atoms with Crippen LogP contribution in [0.5, 0.6) is 0 Å². The van der Waals surface area contributed by atoms with Gasteiger partial charge in [0.15, 0.2) is 5.11 Å². The smallest absolute Gasteiger partial charge is 0.355 e. The second kappa shape index (κ2) is 7.56. The number of nitrogens with one attached hydrogen (secondary N) is 1. The van der Waals surface area contributed by atoms with Gasteiger partial charge in [0.2, 0.25) is 0 Å². The summed E-state index contributed by atoms with van der Waals surface area (Å²) in [5.74, 6) is -1.89. The summed E-state index contributed by atoms with van der Waals surface area (Å²) in [6.45, 7) is 0.0910. The number of rotatable bonds is 2. The molecule has 2 aliphatic rings. The molecule has 2 amide bonds. The number of hydrogen-bond acceptors (Lipinski definition) is 4. The maximum absolute atomic E-state index is 14.4. The molecule has 2 heterocycles. The molecule has 2 aliphatic heterocycles. The van der Waals surface area contributed by atoms with Crippen LogP contribution >= 0.6 is 12.2 Å². The first-order valence-corrected chi connectivity index (χ1v) is 9.77. The maximum atomic E-state index is 14.4. The molecule has 2 aromatic carbocycles. The van der Waals surface area contributed by atoms with E-state index in [0.29, 0.717) is 11.1 Å². The molecule has 0 aromatic heterocycles. The van der Waals surface area contributed by atoms with E-state index in [1.165, 1.54) is 36.2 Å². The Balaban J connectivity index is 1.72. The zero-order chi connectivity index (χ0) is 23.4. The summed E-state index contributed by atoms with van der Waals surface area (Å²) in [6.07, 6.45) is -4.71. The number of carbonyl (C=O) groups is 2. The van der Waals surface area contributed by atoms with Crippen LogP contribution in [0.15, 0.2) is 30.3 Å². The topological polar surface area (TPSA) is 76.4 Å². The third kappa shape index (κ3) is 3.36. The van der Waals surface area contributed by atoms with E-state index in [-0.39, 0.29) is 29.3 Å². The van der Waals surface area contributed by atoms with Gasteiger partial charge in [-0.25, -0.2) is 4.39 Å². The molecule has 1 N–H and O–H groups in total. The summed E-state index contributed by atoms with van der Waals surface area (Å²) in [4.78, 5) is 27.5. The van der Waals surface area contributed by atoms with Gasteiger partial charge in [-0.2, -0.15) is 18.4 Å². The zero-order valence-electron chi connectivity index (χ0n) is 16.5. The molecule has 11 heteroatoms. The molecular formula is C21H14F4N4O2S. The number of amides is 2. The summed E-state index contributed by atoms with van der Waals surface area (Å²) in [7, 11) is 1.37. The van der Waals surface area contributed by atoms with Crippen molar-refractivity contribution in [1.29, 1.82) is 5.26 Å². The monoisotopic (exact) mass is 462 g/mol. The Morgan fingerprint density at radius 3 is 2.59 bits per heavy atom. The lowest BCUT2D eigenvalue weighted by molar-refractivity contribution is -0.137. The Morgan fingerprint density at radius 1 is 1.25 bits per heavy atom. The van der Waals surface area contributed by atoms with Gasteiger partial charge >= 0.3 is 6.18 Å². The van der Waals surface area contributed by atoms with Crippen LogP contribution in [0.4, 0.5) is 23.2 Å². The molecule has 0 saturated carbocycles. The minimum atomic E-state index is -4.79. The van der Waals surface area contributed by atoms with E-state index >= 15 is 0 Å². The number of nitrogens with zero attached hydrogens (tertiary/aromatic N) is 3. The largest absolute Gasteiger partial charge is 0.417 e. The SMILES string of the molecule is CNC(=O)c1cc2c(cc1F)CC1C(=O)N(c3ccc(C#N)c(C(F)(F)F)c3)C(=S)N1C2. The first-order valence-electron chi connectivity index (χ1n) is 9.36. The van der Waals surface area contributed by atoms with E-state index in [1.54, 1.807) is 0 Å². The number of carbonyl (C=O) groups excluding carboxylic acids is 2. The van der Waals surface area contributed by atoms with E-state index < -0.39 is 41.0 Å². The van der Waals surface area contributed by atoms with Crippen molar-refractivity contribution in [2.75, 3.05) is 11.9 Å². The Bertz CT molecular complexity index is 1220. The number of anilines is 1. The van der Waals surface area contributed by atoms with Crippen molar-refractivity contribution >= 4 is 34.8 Å². The molecule has 164 valence electrons. The summed E-state index contributed by atoms with van der Waals surface area (Å²) in [5.41, 5.74) is -0.888. The molecule has 32 heavy (non-hydrogen) atoms. The molecule has 1 atom stereocenters. The van der Waals surface area contributed by atoms with E-state index in [1.807, 2.05) is 0 Å². The Hall–Kier alpha value is -3.52. The highest BCUT2D eigenvalue weighted by Crippen LogP contribution is 2.38. The predicted octanol–water partition coefficient (Wildman–Crippen LogP) is 3.13. The maximum Gasteiger partial charge on any atom is 0.417 e. The number of fused-ring (bicyclic) bond motifs is 2. The molecule has 1 unspecified atom stereocenters. The molecule has 0 spiro atoms. The summed E-state index contributed by atoms with van der Waals surface area (Å²) >= 11 is 5.39. The number of thiocarbonyl (C=S) groups is 1. The minimum absolute atomic E-state index is 0.00528. The van der Waals surface area contributed by atoms with Crippen LogP contribution in [-0.4, -0.2) is 34.9 Å². The van der Waals surface area contributed by atoms with Gasteiger partial charge < -0.3 is 10.2 Å². The molecular weight excluding hydrogens is 448 g/mol. The van der Waals surface area contributed by atoms with Crippen LogP contribution < -0.4 is 10.2 Å². The van der Waals surface area contributed by atoms with Gasteiger partial charge in [0.1, 0.15) is 11.9 Å². The van der Waals surface area contributed by atoms with Crippen LogP contribution in [-0.2, 0) is 23.9 Å². The normalized spacial score (nSPS) is 17.7. The van der Waals surface area contributed by atoms with Crippen LogP contribution in [0.25, 0.3) is 0 Å². The van der Waals surface area contributed by atoms with Gasteiger partial charge in [0.25, 0.3) is 11.8 Å². The molecule has 4 rings (SSSR count). The second-order valence-corrected chi connectivity index (χ2v) is 7.69. The van der Waals surface area contributed by atoms with Crippen LogP contribution in [0.1, 0.15) is 32.6 Å². The lowest BCUT2D eigenvalue weighted by atomic mass is 9.92. The third-order valence-electron chi connectivity index (χ3n) is 5.52. The molecule has 1 fully saturated rings. The van der Waals surface area contributed by atoms with Gasteiger partial charge in [-0.1, -0.05) is 0 Å². The fraction of sp³-hybridized carbons (Fsp3) is 0.238. The molecule has 1 saturated heterocycles. The fourth-order valence-corrected chi connectivity index (χ4v) is 4.34. The average molecular weight is 462 g/mol. The van der Waals surface area contributed by atoms with E-state index in [0.717, 1.165) is 17.0 Å². The van der Waals surface area contributed by atoms with Crippen molar-refractivity contribution in [3.63, 3.8) is 0 Å². The number of benzene rings is 2. The minimum Gasteiger partial charge on any atom is -0.355 e. The molecule has 0 aliphatic carbocycles. The standard InChI is InChI=1S/C21H14F4N4O2S/c1-27-18(30)14-4-12-9-28-17(6-11(12)5-16(14)22)19(31)29(20(28)32)13-3-2-10(8-26)15(7-13)21(23,24)25/h2-5,7,17H,6,9H2,1H3,(H,27,30). The summed E-state index contributed by atoms with van der Waals surface area (Å²) < 4.78 is 54.5. The highest BCUT2D eigenvalue weighted by atomic mass is 32.1. The van der Waals surface area contributed by atoms with E-state index in [2.05, 4.69) is 5.32 Å². The van der Waals surface area contributed by atoms with Gasteiger partial charge in [-0.15, -0.1) is 0 Å². The summed E-state index contributed by atoms with van der Waals surface area (Å²) in [5, 5.41) is 11.3. The molecule has 6 nitrogen and oxygen atoms in total. The predicted molar refractivity (Wildman–Crippen MR) is 109 cm³/mol. The van der Waals surface area contributed by atoms with Crippen molar-refractivity contribution in [3.05, 3.63) is 64.0 Å². The Labute approximate surface area is 185 Å². The van der Waals surface area contributed by atoms with E-state index in [4.69, 9.17) is 17.5 Å². The summed E-state index contributed by atoms with van der Waals surface area (Å²) in [6, 6.07) is 6.20. The van der Waals surface area contributed by atoms with Gasteiger partial charge in [0.05, 0.1) is 28.4 Å².